The molecule has 2 unspecified atom stereocenters. The van der Waals surface area contributed by atoms with Gasteiger partial charge in [0.15, 0.2) is 23.0 Å². The Morgan fingerprint density at radius 2 is 1.43 bits per heavy atom. The summed E-state index contributed by atoms with van der Waals surface area (Å²) < 4.78 is 27.4. The molecule has 0 amide bonds. The maximum absolute atomic E-state index is 12.5. The molecule has 0 aromatic heterocycles. The highest BCUT2D eigenvalue weighted by Crippen LogP contribution is 2.47. The fraction of sp³-hybridized carbons (Fsp3) is 0.381. The normalized spacial score (nSPS) is 20.1. The number of carbonyl (C=O) groups is 1. The van der Waals surface area contributed by atoms with Gasteiger partial charge in [0.05, 0.1) is 40.0 Å². The van der Waals surface area contributed by atoms with Crippen molar-refractivity contribution in [3.05, 3.63) is 46.5 Å². The van der Waals surface area contributed by atoms with Crippen LogP contribution < -0.4 is 24.3 Å². The molecular weight excluding hydrogens is 362 g/mol. The summed E-state index contributed by atoms with van der Waals surface area (Å²) in [6, 6.07) is 7.24. The van der Waals surface area contributed by atoms with Crippen LogP contribution >= 0.6 is 0 Å². The van der Waals surface area contributed by atoms with E-state index in [9.17, 15) is 4.79 Å². The molecule has 7 heteroatoms. The third-order valence-electron chi connectivity index (χ3n) is 5.36. The van der Waals surface area contributed by atoms with Crippen LogP contribution in [0.25, 0.3) is 0 Å². The number of nitrogens with one attached hydrogen (secondary N) is 1. The van der Waals surface area contributed by atoms with Crippen LogP contribution in [-0.4, -0.2) is 41.0 Å². The molecule has 7 nitrogen and oxygen atoms in total. The minimum Gasteiger partial charge on any atom is -0.493 e. The van der Waals surface area contributed by atoms with Crippen molar-refractivity contribution < 1.29 is 28.5 Å². The van der Waals surface area contributed by atoms with E-state index in [1.807, 2.05) is 18.2 Å². The van der Waals surface area contributed by atoms with Gasteiger partial charge in [0, 0.05) is 5.56 Å². The average molecular weight is 385 g/mol. The van der Waals surface area contributed by atoms with Crippen LogP contribution in [-0.2, 0) is 11.2 Å². The summed E-state index contributed by atoms with van der Waals surface area (Å²) in [7, 11) is 6.35. The van der Waals surface area contributed by atoms with E-state index in [-0.39, 0.29) is 12.0 Å². The fourth-order valence-electron chi connectivity index (χ4n) is 3.98. The molecule has 28 heavy (non-hydrogen) atoms. The second-order valence-electron chi connectivity index (χ2n) is 6.71. The van der Waals surface area contributed by atoms with Crippen LogP contribution in [0.2, 0.25) is 0 Å². The summed E-state index contributed by atoms with van der Waals surface area (Å²) in [5, 5.41) is 3.49. The standard InChI is InChI=1S/C21H23NO6/c1-24-15-7-11-5-6-22-19(12(11)8-16(15)25-2)20-13-9-17(26-3)18(27-4)10-14(13)21(23)28-20/h7-10,19-20,22H,5-6H2,1-4H3. The number of benzene rings is 2. The molecule has 2 atom stereocenters. The minimum atomic E-state index is -0.473. The van der Waals surface area contributed by atoms with Gasteiger partial charge in [-0.3, -0.25) is 0 Å². The number of fused-ring (bicyclic) bond motifs is 2. The van der Waals surface area contributed by atoms with Gasteiger partial charge in [-0.15, -0.1) is 0 Å². The Kier molecular flexibility index (Phi) is 4.77. The lowest BCUT2D eigenvalue weighted by atomic mass is 9.87. The van der Waals surface area contributed by atoms with Crippen molar-refractivity contribution in [1.82, 2.24) is 5.32 Å². The highest BCUT2D eigenvalue weighted by atomic mass is 16.6. The van der Waals surface area contributed by atoms with Gasteiger partial charge in [-0.1, -0.05) is 0 Å². The van der Waals surface area contributed by atoms with Crippen LogP contribution in [0.1, 0.15) is 39.2 Å². The number of cyclic esters (lactones) is 1. The van der Waals surface area contributed by atoms with Gasteiger partial charge < -0.3 is 29.0 Å². The van der Waals surface area contributed by atoms with E-state index in [1.165, 1.54) is 0 Å². The fourth-order valence-corrected chi connectivity index (χ4v) is 3.98. The topological polar surface area (TPSA) is 75.3 Å². The first kappa shape index (κ1) is 18.4. The van der Waals surface area contributed by atoms with Gasteiger partial charge in [-0.25, -0.2) is 4.79 Å². The summed E-state index contributed by atoms with van der Waals surface area (Å²) in [6.07, 6.45) is 0.380. The van der Waals surface area contributed by atoms with Crippen LogP contribution in [0.5, 0.6) is 23.0 Å². The lowest BCUT2D eigenvalue weighted by Crippen LogP contribution is -2.34. The predicted octanol–water partition coefficient (Wildman–Crippen LogP) is 2.82. The quantitative estimate of drug-likeness (QED) is 0.793. The maximum atomic E-state index is 12.5. The van der Waals surface area contributed by atoms with E-state index >= 15 is 0 Å². The number of esters is 1. The van der Waals surface area contributed by atoms with Crippen LogP contribution in [0, 0.1) is 0 Å². The highest BCUT2D eigenvalue weighted by Gasteiger charge is 2.40. The van der Waals surface area contributed by atoms with Crippen LogP contribution in [0.4, 0.5) is 0 Å². The zero-order valence-electron chi connectivity index (χ0n) is 16.3. The number of ether oxygens (including phenoxy) is 5. The first-order valence-corrected chi connectivity index (χ1v) is 9.06. The number of hydrogen-bond acceptors (Lipinski definition) is 7. The van der Waals surface area contributed by atoms with E-state index < -0.39 is 6.10 Å². The van der Waals surface area contributed by atoms with Crippen molar-refractivity contribution in [2.45, 2.75) is 18.6 Å². The van der Waals surface area contributed by atoms with Crippen molar-refractivity contribution in [3.8, 4) is 23.0 Å². The van der Waals surface area contributed by atoms with Gasteiger partial charge in [0.1, 0.15) is 6.10 Å². The summed E-state index contributed by atoms with van der Waals surface area (Å²) in [5.41, 5.74) is 3.45. The summed E-state index contributed by atoms with van der Waals surface area (Å²) in [5.74, 6) is 2.04. The van der Waals surface area contributed by atoms with Gasteiger partial charge in [0.25, 0.3) is 0 Å². The molecule has 0 saturated heterocycles. The van der Waals surface area contributed by atoms with Crippen LogP contribution in [0.15, 0.2) is 24.3 Å². The van der Waals surface area contributed by atoms with E-state index in [2.05, 4.69) is 5.32 Å². The van der Waals surface area contributed by atoms with Crippen molar-refractivity contribution in [1.29, 1.82) is 0 Å². The van der Waals surface area contributed by atoms with E-state index in [0.717, 1.165) is 29.7 Å². The molecule has 2 aliphatic heterocycles. The lowest BCUT2D eigenvalue weighted by molar-refractivity contribution is 0.0285. The van der Waals surface area contributed by atoms with Gasteiger partial charge in [-0.05, 0) is 48.4 Å². The second-order valence-corrected chi connectivity index (χ2v) is 6.71. The van der Waals surface area contributed by atoms with Gasteiger partial charge in [-0.2, -0.15) is 0 Å². The molecule has 4 rings (SSSR count). The molecule has 2 heterocycles. The zero-order chi connectivity index (χ0) is 19.8. The average Bonchev–Trinajstić information content (AvgIpc) is 3.06. The molecule has 0 saturated carbocycles. The Labute approximate surface area is 163 Å². The molecule has 0 bridgehead atoms. The van der Waals surface area contributed by atoms with Crippen LogP contribution in [0.3, 0.4) is 0 Å². The van der Waals surface area contributed by atoms with Crippen molar-refractivity contribution in [2.75, 3.05) is 35.0 Å². The van der Waals surface area contributed by atoms with Gasteiger partial charge >= 0.3 is 5.97 Å². The number of rotatable bonds is 5. The molecule has 0 radical (unpaired) electrons. The maximum Gasteiger partial charge on any atom is 0.339 e. The largest absolute Gasteiger partial charge is 0.493 e. The molecule has 0 aliphatic carbocycles. The van der Waals surface area contributed by atoms with E-state index in [1.54, 1.807) is 34.5 Å². The SMILES string of the molecule is COc1cc2c(cc1OC)C(C1OC(=O)c3cc(OC)c(OC)cc31)NCC2. The first-order chi connectivity index (χ1) is 13.6. The highest BCUT2D eigenvalue weighted by molar-refractivity contribution is 5.95. The molecule has 2 aromatic rings. The summed E-state index contributed by atoms with van der Waals surface area (Å²) >= 11 is 0. The first-order valence-electron chi connectivity index (χ1n) is 9.06. The molecule has 2 aliphatic rings. The number of methoxy groups -OCH3 is 4. The molecular formula is C21H23NO6. The Balaban J connectivity index is 1.80. The van der Waals surface area contributed by atoms with Gasteiger partial charge in [0.2, 0.25) is 0 Å². The lowest BCUT2D eigenvalue weighted by Gasteiger charge is -2.31. The Bertz CT molecular complexity index is 926. The minimum absolute atomic E-state index is 0.202. The van der Waals surface area contributed by atoms with Crippen molar-refractivity contribution in [3.63, 3.8) is 0 Å². The Morgan fingerprint density at radius 1 is 0.857 bits per heavy atom. The molecule has 0 spiro atoms. The number of hydrogen-bond donors (Lipinski definition) is 1. The third-order valence-corrected chi connectivity index (χ3v) is 5.36. The molecule has 148 valence electrons. The predicted molar refractivity (Wildman–Crippen MR) is 102 cm³/mol. The monoisotopic (exact) mass is 385 g/mol. The zero-order valence-corrected chi connectivity index (χ0v) is 16.3. The molecule has 1 N–H and O–H groups in total. The second kappa shape index (κ2) is 7.24. The van der Waals surface area contributed by atoms with E-state index in [0.29, 0.717) is 28.6 Å². The summed E-state index contributed by atoms with van der Waals surface area (Å²) in [4.78, 5) is 12.5. The Hall–Kier alpha value is -2.93. The smallest absolute Gasteiger partial charge is 0.339 e. The molecule has 2 aromatic carbocycles. The van der Waals surface area contributed by atoms with Crippen molar-refractivity contribution in [2.24, 2.45) is 0 Å². The number of carbonyl (C=O) groups excluding carboxylic acids is 1. The summed E-state index contributed by atoms with van der Waals surface area (Å²) in [6.45, 7) is 0.768. The third kappa shape index (κ3) is 2.82. The van der Waals surface area contributed by atoms with E-state index in [4.69, 9.17) is 23.7 Å². The van der Waals surface area contributed by atoms with Crippen molar-refractivity contribution >= 4 is 5.97 Å². The molecule has 0 fully saturated rings. The Morgan fingerprint density at radius 3 is 2.07 bits per heavy atom.